The van der Waals surface area contributed by atoms with Crippen LogP contribution in [0, 0.1) is 47.3 Å². The second-order valence-corrected chi connectivity index (χ2v) is 7.58. The monoisotopic (exact) mass is 378 g/mol. The van der Waals surface area contributed by atoms with Crippen molar-refractivity contribution in [2.24, 2.45) is 47.3 Å². The fourth-order valence-electron chi connectivity index (χ4n) is 5.25. The Hall–Kier alpha value is -2.52. The van der Waals surface area contributed by atoms with Crippen LogP contribution < -0.4 is 0 Å². The molecule has 4 aliphatic rings. The lowest BCUT2D eigenvalue weighted by Gasteiger charge is -2.25. The van der Waals surface area contributed by atoms with Crippen molar-refractivity contribution in [1.82, 2.24) is 0 Å². The Morgan fingerprint density at radius 1 is 0.593 bits per heavy atom. The van der Waals surface area contributed by atoms with E-state index in [1.165, 1.54) is 24.3 Å². The lowest BCUT2D eigenvalue weighted by Crippen LogP contribution is -2.39. The summed E-state index contributed by atoms with van der Waals surface area (Å²) < 4.78 is 4.89. The fraction of sp³-hybridized carbons (Fsp3) is 0.556. The van der Waals surface area contributed by atoms with Gasteiger partial charge >= 0.3 is 23.9 Å². The van der Waals surface area contributed by atoms with Crippen molar-refractivity contribution in [1.29, 1.82) is 0 Å². The predicted octanol–water partition coefficient (Wildman–Crippen LogP) is -0.956. The second kappa shape index (κ2) is 6.00. The molecule has 2 saturated carbocycles. The number of hydrogen-bond donors (Lipinski definition) is 4. The Kier molecular flexibility index (Phi) is 3.97. The Morgan fingerprint density at radius 2 is 0.889 bits per heavy atom. The minimum Gasteiger partial charge on any atom is -0.481 e. The molecule has 9 heteroatoms. The summed E-state index contributed by atoms with van der Waals surface area (Å²) in [6.07, 6.45) is 4.06. The van der Waals surface area contributed by atoms with Crippen LogP contribution in [0.2, 0.25) is 0 Å². The van der Waals surface area contributed by atoms with Crippen LogP contribution in [-0.2, 0) is 23.9 Å². The zero-order valence-electron chi connectivity index (χ0n) is 13.9. The van der Waals surface area contributed by atoms with Gasteiger partial charge in [-0.2, -0.15) is 0 Å². The first-order valence-electron chi connectivity index (χ1n) is 8.68. The number of fused-ring (bicyclic) bond motifs is 4. The number of aliphatic carboxylic acids is 2. The van der Waals surface area contributed by atoms with Crippen molar-refractivity contribution in [3.05, 3.63) is 24.3 Å². The van der Waals surface area contributed by atoms with Crippen molar-refractivity contribution in [3.8, 4) is 0 Å². The highest BCUT2D eigenvalue weighted by Crippen LogP contribution is 2.51. The van der Waals surface area contributed by atoms with Crippen molar-refractivity contribution in [3.63, 3.8) is 0 Å². The number of esters is 2. The van der Waals surface area contributed by atoms with Crippen molar-refractivity contribution >= 4 is 23.9 Å². The van der Waals surface area contributed by atoms with E-state index in [0.717, 1.165) is 0 Å². The number of carbonyl (C=O) groups excluding carboxylic acids is 2. The van der Waals surface area contributed by atoms with Gasteiger partial charge in [-0.25, -0.2) is 0 Å². The molecule has 144 valence electrons. The topological polar surface area (TPSA) is 158 Å². The molecule has 0 aromatic heterocycles. The molecule has 0 aliphatic heterocycles. The largest absolute Gasteiger partial charge is 0.481 e. The molecule has 0 amide bonds. The number of hydrogen-bond acceptors (Lipinski definition) is 7. The zero-order valence-corrected chi connectivity index (χ0v) is 13.9. The highest BCUT2D eigenvalue weighted by Gasteiger charge is 2.61. The molecule has 4 bridgehead atoms. The van der Waals surface area contributed by atoms with Gasteiger partial charge in [0.15, 0.2) is 0 Å². The van der Waals surface area contributed by atoms with Gasteiger partial charge in [-0.05, 0) is 0 Å². The van der Waals surface area contributed by atoms with E-state index >= 15 is 0 Å². The average molecular weight is 378 g/mol. The van der Waals surface area contributed by atoms with Crippen LogP contribution in [0.4, 0.5) is 0 Å². The number of carbonyl (C=O) groups is 4. The molecule has 4 aliphatic carbocycles. The third-order valence-corrected chi connectivity index (χ3v) is 6.44. The van der Waals surface area contributed by atoms with Crippen LogP contribution in [0.1, 0.15) is 0 Å². The van der Waals surface area contributed by atoms with E-state index in [1.54, 1.807) is 0 Å². The maximum Gasteiger partial charge on any atom is 0.318 e. The Labute approximate surface area is 152 Å². The highest BCUT2D eigenvalue weighted by molar-refractivity contribution is 5.94. The predicted molar refractivity (Wildman–Crippen MR) is 84.6 cm³/mol. The smallest absolute Gasteiger partial charge is 0.318 e. The number of carboxylic acids is 2. The van der Waals surface area contributed by atoms with Gasteiger partial charge < -0.3 is 25.2 Å². The Bertz CT molecular complexity index is 720. The van der Waals surface area contributed by atoms with Crippen LogP contribution in [-0.4, -0.2) is 56.5 Å². The Morgan fingerprint density at radius 3 is 1.19 bits per heavy atom. The van der Waals surface area contributed by atoms with Crippen molar-refractivity contribution < 1.29 is 44.3 Å². The first-order valence-corrected chi connectivity index (χ1v) is 8.68. The number of carboxylic acid groups (broad SMARTS) is 2. The summed E-state index contributed by atoms with van der Waals surface area (Å²) in [5.74, 6) is -12.6. The van der Waals surface area contributed by atoms with Crippen LogP contribution in [0.5, 0.6) is 0 Å². The van der Waals surface area contributed by atoms with E-state index < -0.39 is 83.4 Å². The first kappa shape index (κ1) is 17.9. The van der Waals surface area contributed by atoms with E-state index in [2.05, 4.69) is 0 Å². The van der Waals surface area contributed by atoms with Gasteiger partial charge in [0.25, 0.3) is 0 Å². The summed E-state index contributed by atoms with van der Waals surface area (Å²) in [4.78, 5) is 48.1. The van der Waals surface area contributed by atoms with Gasteiger partial charge in [-0.3, -0.25) is 19.2 Å². The molecule has 4 N–H and O–H groups in total. The molecule has 0 aromatic carbocycles. The summed E-state index contributed by atoms with van der Waals surface area (Å²) in [6, 6.07) is 0. The molecule has 0 aromatic rings. The van der Waals surface area contributed by atoms with Gasteiger partial charge in [0.2, 0.25) is 0 Å². The van der Waals surface area contributed by atoms with E-state index in [0.29, 0.717) is 0 Å². The second-order valence-electron chi connectivity index (χ2n) is 7.58. The molecule has 2 fully saturated rings. The van der Waals surface area contributed by atoms with Crippen molar-refractivity contribution in [2.45, 2.75) is 12.2 Å². The maximum atomic E-state index is 12.5. The van der Waals surface area contributed by atoms with Crippen LogP contribution in [0.3, 0.4) is 0 Å². The summed E-state index contributed by atoms with van der Waals surface area (Å²) in [7, 11) is 0. The fourth-order valence-corrected chi connectivity index (χ4v) is 5.25. The maximum absolute atomic E-state index is 12.5. The summed E-state index contributed by atoms with van der Waals surface area (Å²) in [5, 5.41) is 39.0. The number of aliphatic hydroxyl groups excluding tert-OH is 2. The first-order chi connectivity index (χ1) is 12.7. The van der Waals surface area contributed by atoms with E-state index in [1.807, 2.05) is 0 Å². The van der Waals surface area contributed by atoms with Crippen molar-refractivity contribution in [2.75, 3.05) is 0 Å². The standard InChI is InChI=1S/C18H18O9/c19-13-5-1-3-7(13)11(9(5)15(21)22)17(25)27-18(26)12-8-4-2-6(14(8)20)10(12)16(23)24/h1-14,19-20H,(H,21,22)(H,23,24). The molecule has 10 atom stereocenters. The quantitative estimate of drug-likeness (QED) is 0.275. The van der Waals surface area contributed by atoms with Crippen LogP contribution in [0.15, 0.2) is 24.3 Å². The zero-order chi connectivity index (χ0) is 19.6. The third-order valence-electron chi connectivity index (χ3n) is 6.44. The van der Waals surface area contributed by atoms with Gasteiger partial charge in [0.05, 0.1) is 35.9 Å². The molecule has 0 heterocycles. The van der Waals surface area contributed by atoms with Gasteiger partial charge in [-0.15, -0.1) is 0 Å². The molecule has 0 spiro atoms. The normalized spacial score (nSPS) is 46.0. The summed E-state index contributed by atoms with van der Waals surface area (Å²) in [6.45, 7) is 0. The number of ether oxygens (including phenoxy) is 1. The minimum atomic E-state index is -1.28. The van der Waals surface area contributed by atoms with Crippen LogP contribution in [0.25, 0.3) is 0 Å². The molecule has 10 unspecified atom stereocenters. The molecule has 9 nitrogen and oxygen atoms in total. The molecule has 0 saturated heterocycles. The Balaban J connectivity index is 1.54. The van der Waals surface area contributed by atoms with E-state index in [4.69, 9.17) is 4.74 Å². The number of rotatable bonds is 4. The van der Waals surface area contributed by atoms with Crippen LogP contribution >= 0.6 is 0 Å². The lowest BCUT2D eigenvalue weighted by atomic mass is 9.82. The van der Waals surface area contributed by atoms with Gasteiger partial charge in [-0.1, -0.05) is 24.3 Å². The van der Waals surface area contributed by atoms with Gasteiger partial charge in [0.1, 0.15) is 0 Å². The summed E-state index contributed by atoms with van der Waals surface area (Å²) >= 11 is 0. The average Bonchev–Trinajstić information content (AvgIpc) is 3.31. The third kappa shape index (κ3) is 2.38. The molecule has 4 rings (SSSR count). The molecule has 27 heavy (non-hydrogen) atoms. The van der Waals surface area contributed by atoms with Gasteiger partial charge in [0, 0.05) is 23.7 Å². The molecular formula is C18H18O9. The minimum absolute atomic E-state index is 0.737. The summed E-state index contributed by atoms with van der Waals surface area (Å²) in [5.41, 5.74) is 0. The van der Waals surface area contributed by atoms with E-state index in [9.17, 15) is 39.6 Å². The number of aliphatic hydroxyl groups is 2. The highest BCUT2D eigenvalue weighted by atomic mass is 16.6. The lowest BCUT2D eigenvalue weighted by molar-refractivity contribution is -0.173. The molecule has 0 radical (unpaired) electrons. The SMILES string of the molecule is O=C(O)C1C2C=CC(C2O)C1C(=O)OC(=O)C1C2C=CC(C2O)C1C(=O)O. The van der Waals surface area contributed by atoms with E-state index in [-0.39, 0.29) is 0 Å². The molecular weight excluding hydrogens is 360 g/mol.